The van der Waals surface area contributed by atoms with E-state index in [2.05, 4.69) is 14.9 Å². The second-order valence-electron chi connectivity index (χ2n) is 4.58. The molecule has 106 valence electrons. The number of aromatic nitrogens is 2. The van der Waals surface area contributed by atoms with Gasteiger partial charge in [0.15, 0.2) is 5.69 Å². The molecule has 1 N–H and O–H groups in total. The van der Waals surface area contributed by atoms with Crippen molar-refractivity contribution in [2.75, 3.05) is 0 Å². The molecule has 4 nitrogen and oxygen atoms in total. The maximum atomic E-state index is 12.3. The lowest BCUT2D eigenvalue weighted by atomic mass is 10.1. The molecule has 1 aromatic carbocycles. The van der Waals surface area contributed by atoms with Crippen LogP contribution in [0.3, 0.4) is 0 Å². The number of nitrogens with one attached hydrogen (secondary N) is 1. The number of nitrogens with zero attached hydrogens (tertiary/aromatic N) is 2. The van der Waals surface area contributed by atoms with E-state index < -0.39 is 0 Å². The van der Waals surface area contributed by atoms with Crippen molar-refractivity contribution in [1.29, 1.82) is 0 Å². The third kappa shape index (κ3) is 3.17. The molecule has 6 heteroatoms. The summed E-state index contributed by atoms with van der Waals surface area (Å²) in [5.41, 5.74) is 2.54. The molecule has 0 fully saturated rings. The van der Waals surface area contributed by atoms with Crippen molar-refractivity contribution in [3.63, 3.8) is 0 Å². The predicted octanol–water partition coefficient (Wildman–Crippen LogP) is 3.51. The summed E-state index contributed by atoms with van der Waals surface area (Å²) in [6, 6.07) is 12.0. The molecule has 3 rings (SSSR count). The fourth-order valence-corrected chi connectivity index (χ4v) is 3.21. The minimum atomic E-state index is -0.187. The van der Waals surface area contributed by atoms with Gasteiger partial charge in [-0.2, -0.15) is 0 Å². The summed E-state index contributed by atoms with van der Waals surface area (Å²) in [6.45, 7) is 2.55. The van der Waals surface area contributed by atoms with E-state index in [4.69, 9.17) is 0 Å². The van der Waals surface area contributed by atoms with Gasteiger partial charge in [-0.05, 0) is 35.5 Å². The molecule has 3 aromatic rings. The van der Waals surface area contributed by atoms with Gasteiger partial charge in [0.2, 0.25) is 0 Å². The van der Waals surface area contributed by atoms with Gasteiger partial charge in [-0.1, -0.05) is 40.4 Å². The van der Waals surface area contributed by atoms with Gasteiger partial charge in [0.1, 0.15) is 0 Å². The fourth-order valence-electron chi connectivity index (χ4n) is 1.90. The Balaban J connectivity index is 1.78. The highest BCUT2D eigenvalue weighted by Crippen LogP contribution is 2.26. The Hall–Kier alpha value is -2.05. The smallest absolute Gasteiger partial charge is 0.273 e. The normalized spacial score (nSPS) is 10.5. The molecule has 0 radical (unpaired) electrons. The van der Waals surface area contributed by atoms with Crippen molar-refractivity contribution in [3.05, 3.63) is 57.9 Å². The lowest BCUT2D eigenvalue weighted by Crippen LogP contribution is -2.23. The number of aryl methyl sites for hydroxylation is 1. The van der Waals surface area contributed by atoms with Crippen LogP contribution >= 0.6 is 22.9 Å². The molecule has 2 aromatic heterocycles. The molecule has 0 saturated carbocycles. The Morgan fingerprint density at radius 3 is 2.76 bits per heavy atom. The van der Waals surface area contributed by atoms with Crippen LogP contribution in [-0.2, 0) is 6.54 Å². The van der Waals surface area contributed by atoms with Crippen LogP contribution in [0.4, 0.5) is 0 Å². The first-order valence-electron chi connectivity index (χ1n) is 6.44. The van der Waals surface area contributed by atoms with E-state index in [-0.39, 0.29) is 5.91 Å². The highest BCUT2D eigenvalue weighted by atomic mass is 32.1. The van der Waals surface area contributed by atoms with Crippen molar-refractivity contribution in [2.45, 2.75) is 13.5 Å². The average molecular weight is 315 g/mol. The van der Waals surface area contributed by atoms with Crippen LogP contribution < -0.4 is 5.32 Å². The second-order valence-corrected chi connectivity index (χ2v) is 6.37. The van der Waals surface area contributed by atoms with Crippen LogP contribution in [0.2, 0.25) is 0 Å². The largest absolute Gasteiger partial charge is 0.346 e. The molecular formula is C15H13N3OS2. The molecule has 0 aliphatic carbocycles. The zero-order valence-corrected chi connectivity index (χ0v) is 13.0. The highest BCUT2D eigenvalue weighted by molar-refractivity contribution is 7.10. The zero-order chi connectivity index (χ0) is 14.7. The summed E-state index contributed by atoms with van der Waals surface area (Å²) < 4.78 is 3.92. The highest BCUT2D eigenvalue weighted by Gasteiger charge is 2.17. The molecular weight excluding hydrogens is 302 g/mol. The molecule has 1 amide bonds. The SMILES string of the molecule is Cc1ccc(-c2snnc2C(=O)NCc2cccs2)cc1. The van der Waals surface area contributed by atoms with E-state index in [1.807, 2.05) is 48.7 Å². The Morgan fingerprint density at radius 2 is 2.05 bits per heavy atom. The molecule has 0 unspecified atom stereocenters. The summed E-state index contributed by atoms with van der Waals surface area (Å²) in [4.78, 5) is 14.2. The van der Waals surface area contributed by atoms with Crippen molar-refractivity contribution in [3.8, 4) is 10.4 Å². The average Bonchev–Trinajstić information content (AvgIpc) is 3.17. The van der Waals surface area contributed by atoms with Crippen molar-refractivity contribution in [1.82, 2.24) is 14.9 Å². The van der Waals surface area contributed by atoms with Gasteiger partial charge in [0, 0.05) is 4.88 Å². The third-order valence-electron chi connectivity index (χ3n) is 3.02. The van der Waals surface area contributed by atoms with Gasteiger partial charge in [-0.25, -0.2) is 0 Å². The number of amides is 1. The Labute approximate surface area is 130 Å². The number of rotatable bonds is 4. The lowest BCUT2D eigenvalue weighted by molar-refractivity contribution is 0.0947. The van der Waals surface area contributed by atoms with E-state index in [1.54, 1.807) is 11.3 Å². The number of carbonyl (C=O) groups is 1. The topological polar surface area (TPSA) is 54.9 Å². The van der Waals surface area contributed by atoms with Gasteiger partial charge in [-0.15, -0.1) is 16.4 Å². The number of hydrogen-bond acceptors (Lipinski definition) is 5. The minimum absolute atomic E-state index is 0.187. The minimum Gasteiger partial charge on any atom is -0.346 e. The molecule has 0 atom stereocenters. The number of benzene rings is 1. The number of carbonyl (C=O) groups excluding carboxylic acids is 1. The van der Waals surface area contributed by atoms with E-state index in [0.29, 0.717) is 12.2 Å². The second kappa shape index (κ2) is 6.15. The van der Waals surface area contributed by atoms with Crippen LogP contribution in [0.5, 0.6) is 0 Å². The summed E-state index contributed by atoms with van der Waals surface area (Å²) >= 11 is 2.86. The van der Waals surface area contributed by atoms with Gasteiger partial charge < -0.3 is 5.32 Å². The van der Waals surface area contributed by atoms with Gasteiger partial charge in [0.05, 0.1) is 11.4 Å². The van der Waals surface area contributed by atoms with Crippen LogP contribution in [0.1, 0.15) is 20.9 Å². The Morgan fingerprint density at radius 1 is 1.24 bits per heavy atom. The first kappa shape index (κ1) is 13.9. The summed E-state index contributed by atoms with van der Waals surface area (Å²) in [7, 11) is 0. The fraction of sp³-hybridized carbons (Fsp3) is 0.133. The molecule has 0 aliphatic heterocycles. The van der Waals surface area contributed by atoms with E-state index in [9.17, 15) is 4.79 Å². The first-order chi connectivity index (χ1) is 10.2. The molecule has 21 heavy (non-hydrogen) atoms. The van der Waals surface area contributed by atoms with Gasteiger partial charge in [0.25, 0.3) is 5.91 Å². The monoisotopic (exact) mass is 315 g/mol. The van der Waals surface area contributed by atoms with Crippen molar-refractivity contribution >= 4 is 28.8 Å². The number of hydrogen-bond donors (Lipinski definition) is 1. The van der Waals surface area contributed by atoms with Crippen molar-refractivity contribution < 1.29 is 4.79 Å². The molecule has 2 heterocycles. The van der Waals surface area contributed by atoms with Crippen LogP contribution in [-0.4, -0.2) is 15.5 Å². The van der Waals surface area contributed by atoms with Crippen LogP contribution in [0, 0.1) is 6.92 Å². The zero-order valence-electron chi connectivity index (χ0n) is 11.4. The number of thiophene rings is 1. The van der Waals surface area contributed by atoms with Gasteiger partial charge >= 0.3 is 0 Å². The molecule has 0 bridgehead atoms. The summed E-state index contributed by atoms with van der Waals surface area (Å²) in [5, 5.41) is 8.85. The molecule has 0 saturated heterocycles. The van der Waals surface area contributed by atoms with Gasteiger partial charge in [-0.3, -0.25) is 4.79 Å². The van der Waals surface area contributed by atoms with E-state index in [1.165, 1.54) is 17.1 Å². The summed E-state index contributed by atoms with van der Waals surface area (Å²) in [5.74, 6) is -0.187. The van der Waals surface area contributed by atoms with Crippen LogP contribution in [0.25, 0.3) is 10.4 Å². The Bertz CT molecular complexity index is 733. The first-order valence-corrected chi connectivity index (χ1v) is 8.09. The molecule has 0 aliphatic rings. The van der Waals surface area contributed by atoms with E-state index in [0.717, 1.165) is 15.3 Å². The Kier molecular flexibility index (Phi) is 4.08. The predicted molar refractivity (Wildman–Crippen MR) is 85.6 cm³/mol. The van der Waals surface area contributed by atoms with Crippen molar-refractivity contribution in [2.24, 2.45) is 0 Å². The standard InChI is InChI=1S/C15H13N3OS2/c1-10-4-6-11(7-5-10)14-13(17-18-21-14)15(19)16-9-12-3-2-8-20-12/h2-8H,9H2,1H3,(H,16,19). The maximum absolute atomic E-state index is 12.3. The lowest BCUT2D eigenvalue weighted by Gasteiger charge is -2.03. The maximum Gasteiger partial charge on any atom is 0.273 e. The molecule has 0 spiro atoms. The van der Waals surface area contributed by atoms with E-state index >= 15 is 0 Å². The quantitative estimate of drug-likeness (QED) is 0.801. The third-order valence-corrected chi connectivity index (χ3v) is 4.67. The van der Waals surface area contributed by atoms with Crippen LogP contribution in [0.15, 0.2) is 41.8 Å². The summed E-state index contributed by atoms with van der Waals surface area (Å²) in [6.07, 6.45) is 0.